The number of rotatable bonds is 2. The summed E-state index contributed by atoms with van der Waals surface area (Å²) >= 11 is 0. The van der Waals surface area contributed by atoms with Crippen LogP contribution in [-0.4, -0.2) is 16.8 Å². The van der Waals surface area contributed by atoms with E-state index in [-0.39, 0.29) is 5.41 Å². The summed E-state index contributed by atoms with van der Waals surface area (Å²) < 4.78 is 15.5. The van der Waals surface area contributed by atoms with E-state index >= 15 is 0 Å². The number of hydrogen-bond donors (Lipinski definition) is 2. The minimum Gasteiger partial charge on any atom is -0.395 e. The van der Waals surface area contributed by atoms with E-state index in [2.05, 4.69) is 13.8 Å². The summed E-state index contributed by atoms with van der Waals surface area (Å²) in [5, 5.41) is 19.7. The van der Waals surface area contributed by atoms with E-state index in [9.17, 15) is 10.2 Å². The quantitative estimate of drug-likeness (QED) is 0.828. The lowest BCUT2D eigenvalue weighted by Crippen LogP contribution is -2.27. The van der Waals surface area contributed by atoms with E-state index < -0.39 is 18.6 Å². The van der Waals surface area contributed by atoms with Gasteiger partial charge in [-0.25, -0.2) is 0 Å². The third-order valence-electron chi connectivity index (χ3n) is 3.99. The second-order valence-corrected chi connectivity index (χ2v) is 5.96. The zero-order valence-corrected chi connectivity index (χ0v) is 10.9. The van der Waals surface area contributed by atoms with Gasteiger partial charge in [-0.15, -0.1) is 0 Å². The topological polar surface area (TPSA) is 40.5 Å². The van der Waals surface area contributed by atoms with Crippen LogP contribution in [0.4, 0.5) is 0 Å². The van der Waals surface area contributed by atoms with Gasteiger partial charge in [0, 0.05) is 5.41 Å². The third kappa shape index (κ3) is 1.71. The van der Waals surface area contributed by atoms with Crippen LogP contribution >= 0.6 is 0 Å². The average Bonchev–Trinajstić information content (AvgIpc) is 2.46. The zero-order valence-electron chi connectivity index (χ0n) is 12.9. The van der Waals surface area contributed by atoms with Gasteiger partial charge in [-0.05, 0) is 41.0 Å². The van der Waals surface area contributed by atoms with Crippen molar-refractivity contribution in [1.29, 1.82) is 0 Å². The molecule has 0 saturated carbocycles. The Kier molecular flexibility index (Phi) is 2.27. The molecule has 2 heteroatoms. The molecule has 0 bridgehead atoms. The molecule has 0 heterocycles. The van der Waals surface area contributed by atoms with E-state index in [1.807, 2.05) is 26.0 Å². The molecule has 0 amide bonds. The Bertz CT molecular complexity index is 509. The van der Waals surface area contributed by atoms with Gasteiger partial charge in [0.05, 0.1) is 15.9 Å². The van der Waals surface area contributed by atoms with Crippen molar-refractivity contribution in [2.24, 2.45) is 0 Å². The molecule has 2 nitrogen and oxygen atoms in total. The summed E-state index contributed by atoms with van der Waals surface area (Å²) in [7, 11) is 0. The first-order valence-corrected chi connectivity index (χ1v) is 5.96. The summed E-state index contributed by atoms with van der Waals surface area (Å²) in [6, 6.07) is 3.92. The molecule has 0 radical (unpaired) electrons. The lowest BCUT2D eigenvalue weighted by molar-refractivity contribution is 0.188. The van der Waals surface area contributed by atoms with Crippen LogP contribution in [-0.2, 0) is 17.4 Å². The van der Waals surface area contributed by atoms with Gasteiger partial charge in [-0.1, -0.05) is 32.9 Å². The fourth-order valence-corrected chi connectivity index (χ4v) is 3.28. The molecule has 3 atom stereocenters. The maximum absolute atomic E-state index is 9.91. The van der Waals surface area contributed by atoms with Gasteiger partial charge in [0.1, 0.15) is 0 Å². The summed E-state index contributed by atoms with van der Waals surface area (Å²) in [6.45, 7) is 5.28. The van der Waals surface area contributed by atoms with Crippen LogP contribution in [0.1, 0.15) is 52.2 Å². The highest BCUT2D eigenvalue weighted by Crippen LogP contribution is 2.51. The highest BCUT2D eigenvalue weighted by molar-refractivity contribution is 5.52. The van der Waals surface area contributed by atoms with Gasteiger partial charge in [-0.3, -0.25) is 0 Å². The Labute approximate surface area is 106 Å². The van der Waals surface area contributed by atoms with Crippen LogP contribution < -0.4 is 0 Å². The fourth-order valence-electron chi connectivity index (χ4n) is 3.28. The number of aliphatic hydroxyl groups excluding tert-OH is 2. The lowest BCUT2D eigenvalue weighted by atomic mass is 9.80. The maximum Gasteiger partial charge on any atom is 0.0687 e. The number of aryl methyl sites for hydroxylation is 1. The number of fused-ring (bicyclic) bond motifs is 1. The van der Waals surface area contributed by atoms with Crippen molar-refractivity contribution >= 4 is 0 Å². The van der Waals surface area contributed by atoms with E-state index in [0.29, 0.717) is 12.0 Å². The molecule has 0 fully saturated rings. The molecule has 3 unspecified atom stereocenters. The lowest BCUT2D eigenvalue weighted by Gasteiger charge is -2.26. The molecule has 94 valence electrons. The van der Waals surface area contributed by atoms with Crippen molar-refractivity contribution in [3.05, 3.63) is 34.4 Å². The average molecular weight is 236 g/mol. The molecule has 1 aromatic carbocycles. The van der Waals surface area contributed by atoms with Crippen LogP contribution in [0, 0.1) is 6.92 Å². The molecule has 2 N–H and O–H groups in total. The molecular formula is C15H22O2. The van der Waals surface area contributed by atoms with Crippen LogP contribution in [0.25, 0.3) is 0 Å². The van der Waals surface area contributed by atoms with Gasteiger partial charge in [0.15, 0.2) is 0 Å². The standard InChI is InChI=1S/C15H22O2/c1-10-5-6-12-13(11(10)7-16)15(4,9-17)8-14(12,2)3/h5-6,16-17H,7-9H2,1-4H3/i7D,9D. The van der Waals surface area contributed by atoms with Gasteiger partial charge in [0.2, 0.25) is 0 Å². The molecule has 2 rings (SSSR count). The van der Waals surface area contributed by atoms with Crippen LogP contribution in [0.5, 0.6) is 0 Å². The summed E-state index contributed by atoms with van der Waals surface area (Å²) in [6.07, 6.45) is 0.642. The van der Waals surface area contributed by atoms with E-state index in [1.54, 1.807) is 0 Å². The molecule has 1 aliphatic rings. The van der Waals surface area contributed by atoms with Gasteiger partial charge in [0.25, 0.3) is 0 Å². The van der Waals surface area contributed by atoms with Crippen molar-refractivity contribution in [2.75, 3.05) is 6.58 Å². The number of benzene rings is 1. The third-order valence-corrected chi connectivity index (χ3v) is 3.99. The minimum absolute atomic E-state index is 0.163. The number of aliphatic hydroxyl groups is 2. The molecule has 0 spiro atoms. The van der Waals surface area contributed by atoms with Gasteiger partial charge >= 0.3 is 0 Å². The summed E-state index contributed by atoms with van der Waals surface area (Å²) in [4.78, 5) is 0. The van der Waals surface area contributed by atoms with E-state index in [4.69, 9.17) is 2.74 Å². The summed E-state index contributed by atoms with van der Waals surface area (Å²) in [5.41, 5.74) is 2.32. The first kappa shape index (κ1) is 10.1. The molecule has 0 aromatic heterocycles. The van der Waals surface area contributed by atoms with Crippen LogP contribution in [0.3, 0.4) is 0 Å². The van der Waals surface area contributed by atoms with Crippen LogP contribution in [0.2, 0.25) is 0 Å². The molecule has 1 aromatic rings. The predicted octanol–water partition coefficient (Wildman–Crippen LogP) is 2.42. The fraction of sp³-hybridized carbons (Fsp3) is 0.600. The first-order valence-electron chi connectivity index (χ1n) is 7.12. The predicted molar refractivity (Wildman–Crippen MR) is 69.2 cm³/mol. The second-order valence-electron chi connectivity index (χ2n) is 5.96. The normalized spacial score (nSPS) is 31.4. The highest BCUT2D eigenvalue weighted by Gasteiger charge is 2.45. The van der Waals surface area contributed by atoms with Crippen molar-refractivity contribution < 1.29 is 13.0 Å². The Morgan fingerprint density at radius 1 is 1.29 bits per heavy atom. The highest BCUT2D eigenvalue weighted by atomic mass is 16.3. The zero-order chi connectivity index (χ0) is 14.6. The van der Waals surface area contributed by atoms with E-state index in [1.165, 1.54) is 0 Å². The Hall–Kier alpha value is -0.860. The molecule has 1 aliphatic carbocycles. The molecule has 0 saturated heterocycles. The van der Waals surface area contributed by atoms with Crippen molar-refractivity contribution in [3.8, 4) is 0 Å². The largest absolute Gasteiger partial charge is 0.395 e. The smallest absolute Gasteiger partial charge is 0.0687 e. The molecule has 17 heavy (non-hydrogen) atoms. The van der Waals surface area contributed by atoms with Crippen LogP contribution in [0.15, 0.2) is 12.1 Å². The van der Waals surface area contributed by atoms with E-state index in [0.717, 1.165) is 16.7 Å². The van der Waals surface area contributed by atoms with Crippen molar-refractivity contribution in [1.82, 2.24) is 0 Å². The SMILES string of the molecule is [2H]C(O)c1c(C)ccc2c1C(C)(C([2H])O)CC2(C)C. The Balaban J connectivity index is 2.81. The Morgan fingerprint density at radius 3 is 2.47 bits per heavy atom. The maximum atomic E-state index is 9.91. The second kappa shape index (κ2) is 3.82. The molecule has 0 aliphatic heterocycles. The van der Waals surface area contributed by atoms with Gasteiger partial charge < -0.3 is 10.2 Å². The van der Waals surface area contributed by atoms with Crippen molar-refractivity contribution in [3.63, 3.8) is 0 Å². The van der Waals surface area contributed by atoms with Crippen molar-refractivity contribution in [2.45, 2.75) is 51.5 Å². The molecular weight excluding hydrogens is 212 g/mol. The Morgan fingerprint density at radius 2 is 1.94 bits per heavy atom. The number of hydrogen-bond acceptors (Lipinski definition) is 2. The minimum atomic E-state index is -1.33. The first-order chi connectivity index (χ1) is 8.61. The monoisotopic (exact) mass is 236 g/mol. The summed E-state index contributed by atoms with van der Waals surface area (Å²) in [5.74, 6) is 0. The van der Waals surface area contributed by atoms with Gasteiger partial charge in [-0.2, -0.15) is 0 Å².